The Bertz CT molecular complexity index is 501. The molecule has 0 aromatic carbocycles. The van der Waals surface area contributed by atoms with Crippen molar-refractivity contribution in [3.63, 3.8) is 0 Å². The maximum absolute atomic E-state index is 12.2. The summed E-state index contributed by atoms with van der Waals surface area (Å²) in [5.74, 6) is 1.33. The van der Waals surface area contributed by atoms with Crippen molar-refractivity contribution in [2.24, 2.45) is 23.7 Å². The van der Waals surface area contributed by atoms with Gasteiger partial charge in [-0.05, 0) is 18.3 Å². The molecule has 0 spiro atoms. The van der Waals surface area contributed by atoms with Gasteiger partial charge in [0.25, 0.3) is 0 Å². The van der Waals surface area contributed by atoms with Crippen LogP contribution in [0.4, 0.5) is 0 Å². The zero-order valence-electron chi connectivity index (χ0n) is 10.3. The Balaban J connectivity index is 1.72. The van der Waals surface area contributed by atoms with Crippen molar-refractivity contribution < 1.29 is 14.4 Å². The first-order valence-electron chi connectivity index (χ1n) is 6.37. The molecule has 3 rings (SSSR count). The molecule has 2 fully saturated rings. The van der Waals surface area contributed by atoms with Crippen LogP contribution in [0, 0.1) is 36.0 Å². The van der Waals surface area contributed by atoms with E-state index in [1.54, 1.807) is 0 Å². The summed E-state index contributed by atoms with van der Waals surface area (Å²) >= 11 is 0. The zero-order valence-corrected chi connectivity index (χ0v) is 10.3. The number of terminal acetylenes is 1. The van der Waals surface area contributed by atoms with Gasteiger partial charge in [0.1, 0.15) is 6.54 Å². The maximum Gasteiger partial charge on any atom is 0.240 e. The summed E-state index contributed by atoms with van der Waals surface area (Å²) in [7, 11) is 0. The number of carbonyl (C=O) groups is 3. The van der Waals surface area contributed by atoms with Crippen LogP contribution in [-0.4, -0.2) is 35.7 Å². The zero-order chi connectivity index (χ0) is 13.6. The molecule has 3 amide bonds. The molecule has 1 heterocycles. The fourth-order valence-corrected chi connectivity index (χ4v) is 3.47. The number of carbonyl (C=O) groups excluding carboxylic acids is 3. The third-order valence-corrected chi connectivity index (χ3v) is 4.25. The van der Waals surface area contributed by atoms with Gasteiger partial charge < -0.3 is 5.32 Å². The minimum atomic E-state index is -0.389. The van der Waals surface area contributed by atoms with E-state index in [4.69, 9.17) is 6.42 Å². The minimum Gasteiger partial charge on any atom is -0.344 e. The van der Waals surface area contributed by atoms with E-state index >= 15 is 0 Å². The van der Waals surface area contributed by atoms with Crippen molar-refractivity contribution in [1.29, 1.82) is 0 Å². The Morgan fingerprint density at radius 3 is 2.42 bits per heavy atom. The smallest absolute Gasteiger partial charge is 0.240 e. The lowest BCUT2D eigenvalue weighted by molar-refractivity contribution is -0.144. The molecule has 0 unspecified atom stereocenters. The van der Waals surface area contributed by atoms with Crippen LogP contribution < -0.4 is 5.32 Å². The van der Waals surface area contributed by atoms with Crippen molar-refractivity contribution >= 4 is 17.7 Å². The molecule has 0 aromatic heterocycles. The Labute approximate surface area is 111 Å². The topological polar surface area (TPSA) is 66.5 Å². The molecule has 19 heavy (non-hydrogen) atoms. The highest BCUT2D eigenvalue weighted by Crippen LogP contribution is 2.52. The summed E-state index contributed by atoms with van der Waals surface area (Å²) in [6.45, 7) is -0.111. The number of amides is 3. The van der Waals surface area contributed by atoms with E-state index in [2.05, 4.69) is 11.2 Å². The number of nitrogens with zero attached hydrogens (tertiary/aromatic N) is 1. The van der Waals surface area contributed by atoms with Gasteiger partial charge in [-0.3, -0.25) is 19.3 Å². The van der Waals surface area contributed by atoms with E-state index in [1.807, 2.05) is 12.2 Å². The average Bonchev–Trinajstić information content (AvgIpc) is 3.06. The second-order valence-electron chi connectivity index (χ2n) is 5.24. The molecule has 0 radical (unpaired) electrons. The lowest BCUT2D eigenvalue weighted by Crippen LogP contribution is -2.41. The number of rotatable bonds is 3. The van der Waals surface area contributed by atoms with Crippen LogP contribution in [-0.2, 0) is 14.4 Å². The molecule has 5 nitrogen and oxygen atoms in total. The Kier molecular flexibility index (Phi) is 2.67. The Morgan fingerprint density at radius 2 is 1.89 bits per heavy atom. The molecule has 5 heteroatoms. The van der Waals surface area contributed by atoms with Crippen molar-refractivity contribution in [1.82, 2.24) is 10.2 Å². The highest BCUT2D eigenvalue weighted by molar-refractivity contribution is 6.08. The number of imide groups is 1. The second kappa shape index (κ2) is 4.23. The summed E-state index contributed by atoms with van der Waals surface area (Å²) in [5, 5.41) is 2.47. The molecular weight excluding hydrogens is 244 g/mol. The van der Waals surface area contributed by atoms with Gasteiger partial charge in [-0.2, -0.15) is 0 Å². The molecule has 3 aliphatic rings. The highest BCUT2D eigenvalue weighted by Gasteiger charge is 2.59. The van der Waals surface area contributed by atoms with E-state index in [1.165, 1.54) is 0 Å². The number of hydrogen-bond donors (Lipinski definition) is 1. The highest BCUT2D eigenvalue weighted by atomic mass is 16.2. The predicted molar refractivity (Wildman–Crippen MR) is 66.3 cm³/mol. The molecule has 1 saturated carbocycles. The molecule has 1 N–H and O–H groups in total. The molecule has 4 atom stereocenters. The second-order valence-corrected chi connectivity index (χ2v) is 5.24. The molecule has 98 valence electrons. The number of hydrogen-bond acceptors (Lipinski definition) is 3. The summed E-state index contributed by atoms with van der Waals surface area (Å²) in [4.78, 5) is 37.2. The van der Waals surface area contributed by atoms with E-state index < -0.39 is 0 Å². The monoisotopic (exact) mass is 258 g/mol. The normalized spacial score (nSPS) is 34.6. The van der Waals surface area contributed by atoms with Crippen LogP contribution in [0.25, 0.3) is 0 Å². The standard InChI is InChI=1S/C14H14N2O3/c1-2-5-15-10(17)7-16-13(18)11-8-3-4-9(6-8)12(11)14(16)19/h1,3-4,8-9,11-12H,5-7H2,(H,15,17)/t8-,9-,11-,12+/m0/s1. The molecule has 2 bridgehead atoms. The first kappa shape index (κ1) is 12.0. The SMILES string of the molecule is C#CCNC(=O)CN1C(=O)[C@@H]2[C@H](C1=O)[C@H]1C=C[C@H]2C1. The van der Waals surface area contributed by atoms with Crippen molar-refractivity contribution in [2.75, 3.05) is 13.1 Å². The van der Waals surface area contributed by atoms with E-state index in [9.17, 15) is 14.4 Å². The number of allylic oxidation sites excluding steroid dienone is 2. The van der Waals surface area contributed by atoms with E-state index in [0.717, 1.165) is 11.3 Å². The fraction of sp³-hybridized carbons (Fsp3) is 0.500. The Hall–Kier alpha value is -2.09. The van der Waals surface area contributed by atoms with Crippen molar-refractivity contribution in [3.05, 3.63) is 12.2 Å². The minimum absolute atomic E-state index is 0.106. The largest absolute Gasteiger partial charge is 0.344 e. The molecule has 0 aromatic rings. The van der Waals surface area contributed by atoms with Crippen molar-refractivity contribution in [2.45, 2.75) is 6.42 Å². The van der Waals surface area contributed by atoms with Crippen LogP contribution >= 0.6 is 0 Å². The van der Waals surface area contributed by atoms with Crippen LogP contribution in [0.1, 0.15) is 6.42 Å². The lowest BCUT2D eigenvalue weighted by atomic mass is 9.85. The summed E-state index contributed by atoms with van der Waals surface area (Å²) in [6, 6.07) is 0. The number of nitrogens with one attached hydrogen (secondary N) is 1. The van der Waals surface area contributed by atoms with Crippen LogP contribution in [0.2, 0.25) is 0 Å². The fourth-order valence-electron chi connectivity index (χ4n) is 3.47. The van der Waals surface area contributed by atoms with Crippen LogP contribution in [0.3, 0.4) is 0 Å². The van der Waals surface area contributed by atoms with Crippen LogP contribution in [0.5, 0.6) is 0 Å². The maximum atomic E-state index is 12.2. The van der Waals surface area contributed by atoms with Gasteiger partial charge in [0.15, 0.2) is 0 Å². The van der Waals surface area contributed by atoms with Gasteiger partial charge in [0.05, 0.1) is 18.4 Å². The molecule has 2 aliphatic carbocycles. The molecular formula is C14H14N2O3. The quantitative estimate of drug-likeness (QED) is 0.423. The van der Waals surface area contributed by atoms with Gasteiger partial charge in [-0.15, -0.1) is 6.42 Å². The van der Waals surface area contributed by atoms with Gasteiger partial charge >= 0.3 is 0 Å². The summed E-state index contributed by atoms with van der Waals surface area (Å²) in [6.07, 6.45) is 9.98. The van der Waals surface area contributed by atoms with Crippen molar-refractivity contribution in [3.8, 4) is 12.3 Å². The molecule has 1 saturated heterocycles. The summed E-state index contributed by atoms with van der Waals surface area (Å²) < 4.78 is 0. The number of fused-ring (bicyclic) bond motifs is 5. The van der Waals surface area contributed by atoms with Gasteiger partial charge in [-0.1, -0.05) is 18.1 Å². The third kappa shape index (κ3) is 1.67. The molecule has 1 aliphatic heterocycles. The predicted octanol–water partition coefficient (Wildman–Crippen LogP) is -0.457. The van der Waals surface area contributed by atoms with Gasteiger partial charge in [0.2, 0.25) is 17.7 Å². The van der Waals surface area contributed by atoms with Gasteiger partial charge in [0, 0.05) is 0 Å². The summed E-state index contributed by atoms with van der Waals surface area (Å²) in [5.41, 5.74) is 0. The Morgan fingerprint density at radius 1 is 1.32 bits per heavy atom. The lowest BCUT2D eigenvalue weighted by Gasteiger charge is -2.16. The van der Waals surface area contributed by atoms with Crippen LogP contribution in [0.15, 0.2) is 12.2 Å². The van der Waals surface area contributed by atoms with E-state index in [0.29, 0.717) is 0 Å². The van der Waals surface area contributed by atoms with E-state index in [-0.39, 0.29) is 54.5 Å². The van der Waals surface area contributed by atoms with Gasteiger partial charge in [-0.25, -0.2) is 0 Å². The first-order chi connectivity index (χ1) is 9.13. The number of likely N-dealkylation sites (tertiary alicyclic amines) is 1. The average molecular weight is 258 g/mol. The first-order valence-corrected chi connectivity index (χ1v) is 6.37. The third-order valence-electron chi connectivity index (χ3n) is 4.25.